The van der Waals surface area contributed by atoms with Crippen molar-refractivity contribution in [2.24, 2.45) is 5.29 Å². The van der Waals surface area contributed by atoms with Crippen LogP contribution >= 0.6 is 11.6 Å². The number of nitrogens with one attached hydrogen (secondary N) is 1. The predicted octanol–water partition coefficient (Wildman–Crippen LogP) is -0.584. The number of aliphatic hydroxyl groups is 2. The molecule has 134 valence electrons. The molecule has 1 rings (SSSR count). The fourth-order valence-electron chi connectivity index (χ4n) is 2.15. The fraction of sp³-hybridized carbons (Fsp3) is 0.917. The molecular formula is C12H22ClN3O7. The Balaban J connectivity index is 2.60. The molecule has 1 aliphatic heterocycles. The van der Waals surface area contributed by atoms with Gasteiger partial charge in [0.25, 0.3) is 0 Å². The summed E-state index contributed by atoms with van der Waals surface area (Å²) in [7, 11) is 1.36. The third kappa shape index (κ3) is 5.23. The van der Waals surface area contributed by atoms with Crippen molar-refractivity contribution in [2.45, 2.75) is 37.6 Å². The van der Waals surface area contributed by atoms with Crippen LogP contribution in [0.4, 0.5) is 4.79 Å². The number of methoxy groups -OCH3 is 1. The summed E-state index contributed by atoms with van der Waals surface area (Å²) >= 11 is 5.45. The molecule has 0 aliphatic carbocycles. The quantitative estimate of drug-likeness (QED) is 0.286. The van der Waals surface area contributed by atoms with Gasteiger partial charge in [0, 0.05) is 26.1 Å². The van der Waals surface area contributed by atoms with Crippen LogP contribution in [-0.2, 0) is 14.2 Å². The van der Waals surface area contributed by atoms with Gasteiger partial charge in [0.2, 0.25) is 0 Å². The van der Waals surface area contributed by atoms with Gasteiger partial charge in [-0.25, -0.2) is 4.79 Å². The normalized spacial score (nSPS) is 28.4. The Morgan fingerprint density at radius 2 is 2.17 bits per heavy atom. The summed E-state index contributed by atoms with van der Waals surface area (Å²) in [6.07, 6.45) is -5.11. The highest BCUT2D eigenvalue weighted by molar-refractivity contribution is 6.18. The summed E-state index contributed by atoms with van der Waals surface area (Å²) in [4.78, 5) is 22.3. The number of halogens is 1. The van der Waals surface area contributed by atoms with Crippen LogP contribution in [0, 0.1) is 4.91 Å². The second-order valence-corrected chi connectivity index (χ2v) is 5.14. The highest BCUT2D eigenvalue weighted by atomic mass is 35.5. The van der Waals surface area contributed by atoms with Gasteiger partial charge >= 0.3 is 6.03 Å². The molecule has 1 heterocycles. The Morgan fingerprint density at radius 3 is 2.70 bits per heavy atom. The van der Waals surface area contributed by atoms with E-state index in [1.54, 1.807) is 6.92 Å². The van der Waals surface area contributed by atoms with Crippen LogP contribution in [0.1, 0.15) is 6.92 Å². The molecule has 23 heavy (non-hydrogen) atoms. The molecular weight excluding hydrogens is 334 g/mol. The smallest absolute Gasteiger partial charge is 0.340 e. The topological polar surface area (TPSA) is 130 Å². The fourth-order valence-corrected chi connectivity index (χ4v) is 2.31. The Morgan fingerprint density at radius 1 is 1.48 bits per heavy atom. The second kappa shape index (κ2) is 9.96. The predicted molar refractivity (Wildman–Crippen MR) is 79.7 cm³/mol. The Labute approximate surface area is 138 Å². The van der Waals surface area contributed by atoms with Gasteiger partial charge in [0.15, 0.2) is 6.29 Å². The van der Waals surface area contributed by atoms with Crippen LogP contribution in [0.3, 0.4) is 0 Å². The largest absolute Gasteiger partial charge is 0.387 e. The van der Waals surface area contributed by atoms with Gasteiger partial charge in [-0.15, -0.1) is 16.5 Å². The number of nitrogens with zero attached hydrogens (tertiary/aromatic N) is 2. The average Bonchev–Trinajstić information content (AvgIpc) is 2.82. The lowest BCUT2D eigenvalue weighted by molar-refractivity contribution is -0.177. The molecule has 10 nitrogen and oxygen atoms in total. The van der Waals surface area contributed by atoms with Crippen molar-refractivity contribution in [3.05, 3.63) is 4.91 Å². The van der Waals surface area contributed by atoms with E-state index in [1.807, 2.05) is 0 Å². The molecule has 2 amide bonds. The summed E-state index contributed by atoms with van der Waals surface area (Å²) in [5.41, 5.74) is 0. The van der Waals surface area contributed by atoms with Gasteiger partial charge < -0.3 is 29.7 Å². The van der Waals surface area contributed by atoms with Gasteiger partial charge in [-0.1, -0.05) is 0 Å². The highest BCUT2D eigenvalue weighted by Gasteiger charge is 2.47. The van der Waals surface area contributed by atoms with Crippen LogP contribution in [0.2, 0.25) is 0 Å². The van der Waals surface area contributed by atoms with Crippen LogP contribution in [0.25, 0.3) is 0 Å². The number of hydrogen-bond donors (Lipinski definition) is 3. The van der Waals surface area contributed by atoms with E-state index in [1.165, 1.54) is 7.11 Å². The van der Waals surface area contributed by atoms with Gasteiger partial charge in [-0.2, -0.15) is 5.01 Å². The lowest BCUT2D eigenvalue weighted by Crippen LogP contribution is -2.48. The first-order valence-electron chi connectivity index (χ1n) is 7.10. The minimum Gasteiger partial charge on any atom is -0.387 e. The summed E-state index contributed by atoms with van der Waals surface area (Å²) in [5.74, 6) is 0.0551. The minimum atomic E-state index is -1.24. The highest BCUT2D eigenvalue weighted by Crippen LogP contribution is 2.25. The Kier molecular flexibility index (Phi) is 8.66. The molecule has 1 saturated heterocycles. The van der Waals surface area contributed by atoms with E-state index in [4.69, 9.17) is 25.8 Å². The molecule has 5 atom stereocenters. The molecule has 0 unspecified atom stereocenters. The number of nitroso groups, excluding NO2 is 1. The molecule has 0 radical (unpaired) electrons. The maximum atomic E-state index is 11.7. The van der Waals surface area contributed by atoms with E-state index in [2.05, 4.69) is 10.6 Å². The average molecular weight is 356 g/mol. The summed E-state index contributed by atoms with van der Waals surface area (Å²) in [6, 6.07) is -0.753. The number of carbonyl (C=O) groups is 1. The van der Waals surface area contributed by atoms with E-state index in [9.17, 15) is 19.9 Å². The molecule has 0 aromatic carbocycles. The maximum absolute atomic E-state index is 11.7. The first-order valence-corrected chi connectivity index (χ1v) is 7.64. The van der Waals surface area contributed by atoms with Gasteiger partial charge in [-0.05, 0) is 6.92 Å². The molecule has 3 N–H and O–H groups in total. The van der Waals surface area contributed by atoms with Gasteiger partial charge in [-0.3, -0.25) is 0 Å². The summed E-state index contributed by atoms with van der Waals surface area (Å²) < 4.78 is 15.8. The molecule has 0 aromatic rings. The molecule has 11 heteroatoms. The number of amides is 2. The standard InChI is InChI=1S/C12H22ClN3O7/c1-3-22-11-9(18)8(17)10(23-11)7(21-2)6-14-12(19)16(15-20)5-4-13/h7-11,17-18H,3-6H2,1-2H3,(H,14,19)/t7-,8-,9-,10-,11+/m1/s1. The lowest BCUT2D eigenvalue weighted by atomic mass is 10.1. The number of alkyl halides is 1. The number of aliphatic hydroxyl groups excluding tert-OH is 2. The lowest BCUT2D eigenvalue weighted by Gasteiger charge is -2.25. The Bertz CT molecular complexity index is 390. The van der Waals surface area contributed by atoms with Crippen molar-refractivity contribution in [3.8, 4) is 0 Å². The van der Waals surface area contributed by atoms with Crippen molar-refractivity contribution >= 4 is 17.6 Å². The zero-order valence-electron chi connectivity index (χ0n) is 12.9. The molecule has 1 aliphatic rings. The third-order valence-corrected chi connectivity index (χ3v) is 3.51. The van der Waals surface area contributed by atoms with Crippen molar-refractivity contribution in [1.29, 1.82) is 0 Å². The molecule has 0 saturated carbocycles. The van der Waals surface area contributed by atoms with Gasteiger partial charge in [0.05, 0.1) is 11.8 Å². The van der Waals surface area contributed by atoms with Crippen molar-refractivity contribution in [3.63, 3.8) is 0 Å². The first kappa shape index (κ1) is 20.0. The zero-order chi connectivity index (χ0) is 17.4. The van der Waals surface area contributed by atoms with Crippen LogP contribution in [0.15, 0.2) is 5.29 Å². The van der Waals surface area contributed by atoms with Crippen LogP contribution < -0.4 is 5.32 Å². The molecule has 0 bridgehead atoms. The number of rotatable bonds is 9. The van der Waals surface area contributed by atoms with E-state index < -0.39 is 36.7 Å². The van der Waals surface area contributed by atoms with Crippen LogP contribution in [-0.4, -0.2) is 84.6 Å². The Hall–Kier alpha value is -1.04. The monoisotopic (exact) mass is 355 g/mol. The summed E-state index contributed by atoms with van der Waals surface area (Å²) in [6.45, 7) is 1.91. The number of urea groups is 1. The van der Waals surface area contributed by atoms with E-state index in [0.29, 0.717) is 11.6 Å². The minimum absolute atomic E-state index is 0.0395. The van der Waals surface area contributed by atoms with E-state index in [-0.39, 0.29) is 19.0 Å². The number of carbonyl (C=O) groups excluding carboxylic acids is 1. The van der Waals surface area contributed by atoms with Crippen LogP contribution in [0.5, 0.6) is 0 Å². The van der Waals surface area contributed by atoms with E-state index >= 15 is 0 Å². The number of hydrogen-bond acceptors (Lipinski definition) is 8. The molecule has 0 spiro atoms. The van der Waals surface area contributed by atoms with Crippen molar-refractivity contribution in [1.82, 2.24) is 10.3 Å². The van der Waals surface area contributed by atoms with Crippen molar-refractivity contribution < 1.29 is 29.2 Å². The van der Waals surface area contributed by atoms with Gasteiger partial charge in [0.1, 0.15) is 24.4 Å². The maximum Gasteiger partial charge on any atom is 0.340 e. The zero-order valence-corrected chi connectivity index (χ0v) is 13.7. The van der Waals surface area contributed by atoms with E-state index in [0.717, 1.165) is 0 Å². The third-order valence-electron chi connectivity index (χ3n) is 3.34. The number of ether oxygens (including phenoxy) is 3. The second-order valence-electron chi connectivity index (χ2n) is 4.76. The molecule has 1 fully saturated rings. The van der Waals surface area contributed by atoms with Crippen molar-refractivity contribution in [2.75, 3.05) is 32.7 Å². The first-order chi connectivity index (χ1) is 11.0. The molecule has 0 aromatic heterocycles. The summed E-state index contributed by atoms with van der Waals surface area (Å²) in [5, 5.41) is 25.5. The SMILES string of the molecule is CCO[C@H]1O[C@H]([C@@H](CNC(=O)N(CCCl)N=O)OC)[C@H](O)[C@H]1O.